The van der Waals surface area contributed by atoms with Gasteiger partial charge in [-0.1, -0.05) is 25.3 Å². The van der Waals surface area contributed by atoms with Crippen molar-refractivity contribution in [3.8, 4) is 0 Å². The zero-order chi connectivity index (χ0) is 13.2. The second-order valence-corrected chi connectivity index (χ2v) is 6.08. The lowest BCUT2D eigenvalue weighted by molar-refractivity contribution is 0.0882. The van der Waals surface area contributed by atoms with E-state index in [4.69, 9.17) is 5.73 Å². The molecule has 0 bridgehead atoms. The van der Waals surface area contributed by atoms with E-state index in [9.17, 15) is 4.79 Å². The Morgan fingerprint density at radius 2 is 2.00 bits per heavy atom. The van der Waals surface area contributed by atoms with Crippen molar-refractivity contribution in [3.63, 3.8) is 0 Å². The normalized spacial score (nSPS) is 18.3. The number of halogens is 1. The van der Waals surface area contributed by atoms with Crippen molar-refractivity contribution in [1.82, 2.24) is 5.32 Å². The van der Waals surface area contributed by atoms with Crippen LogP contribution in [0.1, 0.15) is 49.4 Å². The third-order valence-corrected chi connectivity index (χ3v) is 4.53. The van der Waals surface area contributed by atoms with Gasteiger partial charge in [-0.3, -0.25) is 4.79 Å². The first-order valence-corrected chi connectivity index (χ1v) is 7.18. The van der Waals surface area contributed by atoms with E-state index >= 15 is 0 Å². The molecule has 1 aromatic rings. The smallest absolute Gasteiger partial charge is 0.252 e. The fourth-order valence-corrected chi connectivity index (χ4v) is 2.97. The highest BCUT2D eigenvalue weighted by molar-refractivity contribution is 9.10. The van der Waals surface area contributed by atoms with Crippen LogP contribution >= 0.6 is 15.9 Å². The minimum atomic E-state index is -0.0701. The van der Waals surface area contributed by atoms with Gasteiger partial charge in [-0.25, -0.2) is 0 Å². The van der Waals surface area contributed by atoms with Crippen LogP contribution in [0, 0.1) is 0 Å². The van der Waals surface area contributed by atoms with E-state index in [0.29, 0.717) is 15.7 Å². The van der Waals surface area contributed by atoms with Crippen LogP contribution in [0.3, 0.4) is 0 Å². The highest BCUT2D eigenvalue weighted by atomic mass is 79.9. The maximum Gasteiger partial charge on any atom is 0.252 e. The summed E-state index contributed by atoms with van der Waals surface area (Å²) < 4.78 is 0.682. The zero-order valence-electron chi connectivity index (χ0n) is 10.6. The second kappa shape index (κ2) is 5.31. The molecule has 1 amide bonds. The standard InChI is InChI=1S/C14H19BrN2O/c1-14(8-3-2-4-9-14)17-13(18)10-6-5-7-11(16)12(10)15/h5-7H,2-4,8-9,16H2,1H3,(H,17,18). The minimum absolute atomic E-state index is 0.0430. The van der Waals surface area contributed by atoms with Gasteiger partial charge in [0.05, 0.1) is 10.0 Å². The molecule has 1 aliphatic carbocycles. The number of anilines is 1. The molecule has 0 saturated heterocycles. The van der Waals surface area contributed by atoms with Crippen LogP contribution in [-0.2, 0) is 0 Å². The number of benzene rings is 1. The molecule has 0 radical (unpaired) electrons. The molecule has 3 N–H and O–H groups in total. The number of nitrogens with one attached hydrogen (secondary N) is 1. The Hall–Kier alpha value is -1.03. The van der Waals surface area contributed by atoms with Crippen LogP contribution in [0.2, 0.25) is 0 Å². The monoisotopic (exact) mass is 310 g/mol. The molecule has 1 aromatic carbocycles. The van der Waals surface area contributed by atoms with Gasteiger partial charge in [0.25, 0.3) is 5.91 Å². The fourth-order valence-electron chi connectivity index (χ4n) is 2.52. The molecule has 2 rings (SSSR count). The molecular formula is C14H19BrN2O. The molecule has 0 unspecified atom stereocenters. The minimum Gasteiger partial charge on any atom is -0.398 e. The first kappa shape index (κ1) is 13.4. The molecule has 0 spiro atoms. The lowest BCUT2D eigenvalue weighted by Gasteiger charge is -2.34. The van der Waals surface area contributed by atoms with Gasteiger partial charge in [0.15, 0.2) is 0 Å². The Kier molecular flexibility index (Phi) is 3.95. The van der Waals surface area contributed by atoms with E-state index in [1.165, 1.54) is 19.3 Å². The van der Waals surface area contributed by atoms with Crippen LogP contribution in [0.4, 0.5) is 5.69 Å². The van der Waals surface area contributed by atoms with E-state index < -0.39 is 0 Å². The molecule has 0 aliphatic heterocycles. The quantitative estimate of drug-likeness (QED) is 0.822. The summed E-state index contributed by atoms with van der Waals surface area (Å²) in [6.45, 7) is 2.13. The second-order valence-electron chi connectivity index (χ2n) is 5.28. The molecule has 18 heavy (non-hydrogen) atoms. The van der Waals surface area contributed by atoms with Crippen LogP contribution < -0.4 is 11.1 Å². The average molecular weight is 311 g/mol. The number of nitrogen functional groups attached to an aromatic ring is 1. The van der Waals surface area contributed by atoms with Gasteiger partial charge in [-0.15, -0.1) is 0 Å². The fraction of sp³-hybridized carbons (Fsp3) is 0.500. The lowest BCUT2D eigenvalue weighted by atomic mass is 9.83. The molecule has 1 saturated carbocycles. The highest BCUT2D eigenvalue weighted by Gasteiger charge is 2.29. The van der Waals surface area contributed by atoms with Crippen molar-refractivity contribution in [2.24, 2.45) is 0 Å². The summed E-state index contributed by atoms with van der Waals surface area (Å²) in [6, 6.07) is 5.38. The van der Waals surface area contributed by atoms with Gasteiger partial charge >= 0.3 is 0 Å². The van der Waals surface area contributed by atoms with Gasteiger partial charge in [0.2, 0.25) is 0 Å². The molecule has 0 aromatic heterocycles. The predicted molar refractivity (Wildman–Crippen MR) is 77.5 cm³/mol. The number of hydrogen-bond donors (Lipinski definition) is 2. The third-order valence-electron chi connectivity index (χ3n) is 3.65. The zero-order valence-corrected chi connectivity index (χ0v) is 12.2. The molecule has 0 heterocycles. The number of hydrogen-bond acceptors (Lipinski definition) is 2. The van der Waals surface area contributed by atoms with Gasteiger partial charge in [0, 0.05) is 11.2 Å². The Balaban J connectivity index is 2.14. The Morgan fingerprint density at radius 1 is 1.33 bits per heavy atom. The third kappa shape index (κ3) is 2.86. The van der Waals surface area contributed by atoms with Crippen LogP contribution in [0.25, 0.3) is 0 Å². The van der Waals surface area contributed by atoms with Crippen LogP contribution in [-0.4, -0.2) is 11.4 Å². The number of carbonyl (C=O) groups excluding carboxylic acids is 1. The van der Waals surface area contributed by atoms with Crippen molar-refractivity contribution in [2.75, 3.05) is 5.73 Å². The van der Waals surface area contributed by atoms with Crippen LogP contribution in [0.15, 0.2) is 22.7 Å². The van der Waals surface area contributed by atoms with Gasteiger partial charge in [-0.05, 0) is 47.8 Å². The summed E-state index contributed by atoms with van der Waals surface area (Å²) >= 11 is 3.38. The van der Waals surface area contributed by atoms with Crippen LogP contribution in [0.5, 0.6) is 0 Å². The van der Waals surface area contributed by atoms with Crippen molar-refractivity contribution >= 4 is 27.5 Å². The average Bonchev–Trinajstić information content (AvgIpc) is 2.33. The molecule has 1 aliphatic rings. The number of carbonyl (C=O) groups is 1. The largest absolute Gasteiger partial charge is 0.398 e. The number of nitrogens with two attached hydrogens (primary N) is 1. The van der Waals surface area contributed by atoms with E-state index in [-0.39, 0.29) is 11.4 Å². The maximum absolute atomic E-state index is 12.3. The molecule has 0 atom stereocenters. The van der Waals surface area contributed by atoms with E-state index in [2.05, 4.69) is 28.2 Å². The SMILES string of the molecule is CC1(NC(=O)c2cccc(N)c2Br)CCCCC1. The topological polar surface area (TPSA) is 55.1 Å². The first-order valence-electron chi connectivity index (χ1n) is 6.38. The van der Waals surface area contributed by atoms with Crippen molar-refractivity contribution < 1.29 is 4.79 Å². The Labute approximate surface area is 116 Å². The number of amides is 1. The Bertz CT molecular complexity index is 453. The molecule has 4 heteroatoms. The van der Waals surface area contributed by atoms with Gasteiger partial charge in [0.1, 0.15) is 0 Å². The Morgan fingerprint density at radius 3 is 2.67 bits per heavy atom. The molecule has 3 nitrogen and oxygen atoms in total. The molecule has 1 fully saturated rings. The summed E-state index contributed by atoms with van der Waals surface area (Å²) in [5.74, 6) is -0.0430. The van der Waals surface area contributed by atoms with Gasteiger partial charge in [-0.2, -0.15) is 0 Å². The summed E-state index contributed by atoms with van der Waals surface area (Å²) in [4.78, 5) is 12.3. The van der Waals surface area contributed by atoms with Crippen molar-refractivity contribution in [2.45, 2.75) is 44.6 Å². The summed E-state index contributed by atoms with van der Waals surface area (Å²) in [7, 11) is 0. The number of rotatable bonds is 2. The first-order chi connectivity index (χ1) is 8.52. The maximum atomic E-state index is 12.3. The summed E-state index contributed by atoms with van der Waals surface area (Å²) in [5, 5.41) is 3.16. The van der Waals surface area contributed by atoms with Crippen molar-refractivity contribution in [3.05, 3.63) is 28.2 Å². The van der Waals surface area contributed by atoms with Gasteiger partial charge < -0.3 is 11.1 Å². The lowest BCUT2D eigenvalue weighted by Crippen LogP contribution is -2.47. The van der Waals surface area contributed by atoms with E-state index in [0.717, 1.165) is 12.8 Å². The summed E-state index contributed by atoms with van der Waals surface area (Å²) in [5.41, 5.74) is 6.93. The predicted octanol–water partition coefficient (Wildman–Crippen LogP) is 3.48. The highest BCUT2D eigenvalue weighted by Crippen LogP contribution is 2.29. The van der Waals surface area contributed by atoms with Crippen molar-refractivity contribution in [1.29, 1.82) is 0 Å². The molecule has 98 valence electrons. The van der Waals surface area contributed by atoms with E-state index in [1.54, 1.807) is 18.2 Å². The van der Waals surface area contributed by atoms with E-state index in [1.807, 2.05) is 0 Å². The molecular weight excluding hydrogens is 292 g/mol. The summed E-state index contributed by atoms with van der Waals surface area (Å²) in [6.07, 6.45) is 5.76.